The highest BCUT2D eigenvalue weighted by molar-refractivity contribution is 5.86. The normalized spacial score (nSPS) is 21.4. The maximum absolute atomic E-state index is 12.4. The van der Waals surface area contributed by atoms with Crippen molar-refractivity contribution in [1.29, 1.82) is 0 Å². The average Bonchev–Trinajstić information content (AvgIpc) is 3.02. The number of rotatable bonds is 4. The van der Waals surface area contributed by atoms with Gasteiger partial charge in [0.25, 0.3) is 0 Å². The number of likely N-dealkylation sites (N-methyl/N-ethyl adjacent to an activating group) is 1. The number of pyridine rings is 1. The zero-order chi connectivity index (χ0) is 16.3. The van der Waals surface area contributed by atoms with Crippen LogP contribution >= 0.6 is 0 Å². The summed E-state index contributed by atoms with van der Waals surface area (Å²) in [5.74, 6) is 0.960. The Morgan fingerprint density at radius 3 is 2.70 bits per heavy atom. The second-order valence-electron chi connectivity index (χ2n) is 6.82. The molecule has 0 unspecified atom stereocenters. The number of amides is 1. The van der Waals surface area contributed by atoms with Crippen LogP contribution in [0.15, 0.2) is 18.3 Å². The van der Waals surface area contributed by atoms with E-state index < -0.39 is 5.54 Å². The lowest BCUT2D eigenvalue weighted by molar-refractivity contribution is -0.126. The summed E-state index contributed by atoms with van der Waals surface area (Å²) in [6.45, 7) is 4.50. The highest BCUT2D eigenvalue weighted by Crippen LogP contribution is 2.27. The molecule has 1 saturated carbocycles. The average molecular weight is 317 g/mol. The number of nitrogens with two attached hydrogens (primary N) is 1. The fraction of sp³-hybridized carbons (Fsp3) is 0.647. The Hall–Kier alpha value is -1.66. The Bertz CT molecular complexity index is 548. The molecule has 0 bridgehead atoms. The van der Waals surface area contributed by atoms with E-state index in [0.29, 0.717) is 6.54 Å². The number of hydrogen-bond donors (Lipinski definition) is 2. The summed E-state index contributed by atoms with van der Waals surface area (Å²) < 4.78 is 0. The quantitative estimate of drug-likeness (QED) is 0.856. The number of nitrogens with one attached hydrogen (secondary N) is 1. The van der Waals surface area contributed by atoms with Gasteiger partial charge < -0.3 is 20.9 Å². The molecule has 2 heterocycles. The predicted octanol–water partition coefficient (Wildman–Crippen LogP) is 0.721. The monoisotopic (exact) mass is 317 g/mol. The van der Waals surface area contributed by atoms with E-state index in [9.17, 15) is 4.79 Å². The van der Waals surface area contributed by atoms with Crippen molar-refractivity contribution in [2.75, 3.05) is 38.1 Å². The van der Waals surface area contributed by atoms with Gasteiger partial charge in [0, 0.05) is 44.5 Å². The summed E-state index contributed by atoms with van der Waals surface area (Å²) in [5.41, 5.74) is 6.61. The molecular weight excluding hydrogens is 290 g/mol. The molecule has 126 valence electrons. The van der Waals surface area contributed by atoms with E-state index in [1.165, 1.54) is 0 Å². The minimum atomic E-state index is -0.670. The maximum Gasteiger partial charge on any atom is 0.240 e. The summed E-state index contributed by atoms with van der Waals surface area (Å²) in [7, 11) is 2.14. The fourth-order valence-corrected chi connectivity index (χ4v) is 3.46. The smallest absolute Gasteiger partial charge is 0.240 e. The van der Waals surface area contributed by atoms with Crippen LogP contribution in [-0.4, -0.2) is 54.6 Å². The minimum Gasteiger partial charge on any atom is -0.354 e. The number of carbonyl (C=O) groups excluding carboxylic acids is 1. The Morgan fingerprint density at radius 2 is 2.00 bits per heavy atom. The topological polar surface area (TPSA) is 74.5 Å². The predicted molar refractivity (Wildman–Crippen MR) is 91.2 cm³/mol. The number of aromatic nitrogens is 1. The first-order valence-electron chi connectivity index (χ1n) is 8.53. The molecule has 1 saturated heterocycles. The molecule has 2 aliphatic rings. The molecule has 1 aromatic heterocycles. The van der Waals surface area contributed by atoms with Gasteiger partial charge in [0.15, 0.2) is 0 Å². The molecule has 6 heteroatoms. The van der Waals surface area contributed by atoms with Crippen molar-refractivity contribution in [2.24, 2.45) is 5.73 Å². The minimum absolute atomic E-state index is 0.0248. The van der Waals surface area contributed by atoms with Gasteiger partial charge in [-0.2, -0.15) is 0 Å². The van der Waals surface area contributed by atoms with E-state index in [1.54, 1.807) is 0 Å². The van der Waals surface area contributed by atoms with Gasteiger partial charge in [-0.1, -0.05) is 18.9 Å². The molecule has 1 amide bonds. The Morgan fingerprint density at radius 1 is 1.30 bits per heavy atom. The molecule has 0 radical (unpaired) electrons. The first-order chi connectivity index (χ1) is 11.1. The molecule has 1 aliphatic carbocycles. The van der Waals surface area contributed by atoms with E-state index in [0.717, 1.165) is 63.2 Å². The van der Waals surface area contributed by atoms with Gasteiger partial charge in [0.2, 0.25) is 5.91 Å². The molecule has 2 fully saturated rings. The second-order valence-corrected chi connectivity index (χ2v) is 6.82. The van der Waals surface area contributed by atoms with Gasteiger partial charge in [-0.3, -0.25) is 4.79 Å². The van der Waals surface area contributed by atoms with Crippen LogP contribution in [0.1, 0.15) is 31.2 Å². The third-order valence-electron chi connectivity index (χ3n) is 5.06. The lowest BCUT2D eigenvalue weighted by Crippen LogP contribution is -2.51. The summed E-state index contributed by atoms with van der Waals surface area (Å²) in [4.78, 5) is 21.6. The van der Waals surface area contributed by atoms with Crippen molar-refractivity contribution in [2.45, 2.75) is 37.8 Å². The maximum atomic E-state index is 12.4. The number of piperazine rings is 1. The number of carbonyl (C=O) groups is 1. The SMILES string of the molecule is CN1CCN(c2ncccc2CNC(=O)C2(N)CCCC2)CC1. The number of anilines is 1. The highest BCUT2D eigenvalue weighted by atomic mass is 16.2. The Balaban J connectivity index is 1.65. The first-order valence-corrected chi connectivity index (χ1v) is 8.53. The van der Waals surface area contributed by atoms with Crippen molar-refractivity contribution in [1.82, 2.24) is 15.2 Å². The largest absolute Gasteiger partial charge is 0.354 e. The molecule has 6 nitrogen and oxygen atoms in total. The van der Waals surface area contributed by atoms with Crippen molar-refractivity contribution >= 4 is 11.7 Å². The van der Waals surface area contributed by atoms with Crippen molar-refractivity contribution in [3.05, 3.63) is 23.9 Å². The van der Waals surface area contributed by atoms with Crippen LogP contribution < -0.4 is 16.0 Å². The van der Waals surface area contributed by atoms with Crippen LogP contribution in [-0.2, 0) is 11.3 Å². The van der Waals surface area contributed by atoms with E-state index in [1.807, 2.05) is 18.3 Å². The zero-order valence-corrected chi connectivity index (χ0v) is 13.9. The van der Waals surface area contributed by atoms with Gasteiger partial charge >= 0.3 is 0 Å². The van der Waals surface area contributed by atoms with E-state index in [-0.39, 0.29) is 5.91 Å². The van der Waals surface area contributed by atoms with E-state index >= 15 is 0 Å². The molecule has 0 aromatic carbocycles. The van der Waals surface area contributed by atoms with Gasteiger partial charge in [0.1, 0.15) is 5.82 Å². The lowest BCUT2D eigenvalue weighted by Gasteiger charge is -2.34. The summed E-state index contributed by atoms with van der Waals surface area (Å²) in [6.07, 6.45) is 5.49. The van der Waals surface area contributed by atoms with E-state index in [4.69, 9.17) is 5.73 Å². The molecule has 1 aliphatic heterocycles. The van der Waals surface area contributed by atoms with Crippen LogP contribution in [0.25, 0.3) is 0 Å². The van der Waals surface area contributed by atoms with E-state index in [2.05, 4.69) is 27.1 Å². The van der Waals surface area contributed by atoms with Gasteiger partial charge in [-0.15, -0.1) is 0 Å². The summed E-state index contributed by atoms with van der Waals surface area (Å²) >= 11 is 0. The fourth-order valence-electron chi connectivity index (χ4n) is 3.46. The lowest BCUT2D eigenvalue weighted by atomic mass is 9.98. The van der Waals surface area contributed by atoms with Gasteiger partial charge in [-0.25, -0.2) is 4.98 Å². The number of nitrogens with zero attached hydrogens (tertiary/aromatic N) is 3. The summed E-state index contributed by atoms with van der Waals surface area (Å²) in [5, 5.41) is 3.03. The van der Waals surface area contributed by atoms with Gasteiger partial charge in [0.05, 0.1) is 5.54 Å². The van der Waals surface area contributed by atoms with Crippen LogP contribution in [0.4, 0.5) is 5.82 Å². The second kappa shape index (κ2) is 6.84. The van der Waals surface area contributed by atoms with Crippen LogP contribution in [0.2, 0.25) is 0 Å². The molecule has 3 N–H and O–H groups in total. The molecule has 0 spiro atoms. The third kappa shape index (κ3) is 3.64. The van der Waals surface area contributed by atoms with Crippen molar-refractivity contribution in [3.8, 4) is 0 Å². The summed E-state index contributed by atoms with van der Waals surface area (Å²) in [6, 6.07) is 3.97. The standard InChI is InChI=1S/C17H27N5O/c1-21-9-11-22(12-10-21)15-14(5-4-8-19-15)13-20-16(23)17(18)6-2-3-7-17/h4-5,8H,2-3,6-7,9-13,18H2,1H3,(H,20,23). The van der Waals surface area contributed by atoms with Crippen LogP contribution in [0.5, 0.6) is 0 Å². The number of hydrogen-bond acceptors (Lipinski definition) is 5. The zero-order valence-electron chi connectivity index (χ0n) is 13.9. The van der Waals surface area contributed by atoms with Gasteiger partial charge in [-0.05, 0) is 26.0 Å². The van der Waals surface area contributed by atoms with Crippen LogP contribution in [0, 0.1) is 0 Å². The molecular formula is C17H27N5O. The first kappa shape index (κ1) is 16.2. The molecule has 1 aromatic rings. The third-order valence-corrected chi connectivity index (χ3v) is 5.06. The Labute approximate surface area is 138 Å². The van der Waals surface area contributed by atoms with Crippen molar-refractivity contribution in [3.63, 3.8) is 0 Å². The highest BCUT2D eigenvalue weighted by Gasteiger charge is 2.36. The molecule has 3 rings (SSSR count). The molecule has 0 atom stereocenters. The Kier molecular flexibility index (Phi) is 4.82. The molecule has 23 heavy (non-hydrogen) atoms. The van der Waals surface area contributed by atoms with Crippen molar-refractivity contribution < 1.29 is 4.79 Å². The van der Waals surface area contributed by atoms with Crippen LogP contribution in [0.3, 0.4) is 0 Å².